The third-order valence-corrected chi connectivity index (χ3v) is 6.47. The van der Waals surface area contributed by atoms with Crippen molar-refractivity contribution in [1.29, 1.82) is 0 Å². The minimum atomic E-state index is 0.114. The Balaban J connectivity index is 1.52. The van der Waals surface area contributed by atoms with Gasteiger partial charge in [0.15, 0.2) is 0 Å². The second kappa shape index (κ2) is 9.61. The van der Waals surface area contributed by atoms with Crippen molar-refractivity contribution < 1.29 is 4.79 Å². The first-order valence-electron chi connectivity index (χ1n) is 9.39. The molecule has 4 heteroatoms. The lowest BCUT2D eigenvalue weighted by Gasteiger charge is -2.21. The molecule has 0 spiro atoms. The summed E-state index contributed by atoms with van der Waals surface area (Å²) in [5, 5.41) is 3.22. The van der Waals surface area contributed by atoms with Gasteiger partial charge < -0.3 is 5.32 Å². The van der Waals surface area contributed by atoms with Crippen molar-refractivity contribution in [3.63, 3.8) is 0 Å². The molecule has 0 saturated carbocycles. The molecule has 1 amide bonds. The van der Waals surface area contributed by atoms with Crippen molar-refractivity contribution in [2.45, 2.75) is 50.8 Å². The fraction of sp³-hybridized carbons (Fsp3) is 0.409. The number of amides is 1. The van der Waals surface area contributed by atoms with Crippen LogP contribution in [0.3, 0.4) is 0 Å². The van der Waals surface area contributed by atoms with Gasteiger partial charge in [-0.2, -0.15) is 0 Å². The Bertz CT molecular complexity index is 744. The molecule has 0 heterocycles. The van der Waals surface area contributed by atoms with E-state index in [1.807, 2.05) is 12.1 Å². The van der Waals surface area contributed by atoms with E-state index in [2.05, 4.69) is 58.5 Å². The summed E-state index contributed by atoms with van der Waals surface area (Å²) < 4.78 is 1.08. The van der Waals surface area contributed by atoms with Crippen LogP contribution in [-0.2, 0) is 23.4 Å². The van der Waals surface area contributed by atoms with Crippen LogP contribution in [0.2, 0.25) is 0 Å². The first kappa shape index (κ1) is 19.5. The molecule has 2 nitrogen and oxygen atoms in total. The molecule has 0 bridgehead atoms. The van der Waals surface area contributed by atoms with Crippen molar-refractivity contribution in [2.75, 3.05) is 5.75 Å². The van der Waals surface area contributed by atoms with Crippen LogP contribution in [0.5, 0.6) is 0 Å². The summed E-state index contributed by atoms with van der Waals surface area (Å²) in [6.45, 7) is 2.14. The Morgan fingerprint density at radius 2 is 1.85 bits per heavy atom. The number of nitrogens with one attached hydrogen (secondary N) is 1. The number of hydrogen-bond donors (Lipinski definition) is 1. The molecule has 138 valence electrons. The lowest BCUT2D eigenvalue weighted by Crippen LogP contribution is -2.29. The van der Waals surface area contributed by atoms with E-state index in [0.29, 0.717) is 5.75 Å². The highest BCUT2D eigenvalue weighted by Crippen LogP contribution is 2.26. The molecule has 0 radical (unpaired) electrons. The zero-order valence-electron chi connectivity index (χ0n) is 15.3. The maximum Gasteiger partial charge on any atom is 0.230 e. The quantitative estimate of drug-likeness (QED) is 0.597. The van der Waals surface area contributed by atoms with E-state index in [-0.39, 0.29) is 11.9 Å². The third kappa shape index (κ3) is 5.37. The number of benzene rings is 2. The highest BCUT2D eigenvalue weighted by Gasteiger charge is 2.16. The van der Waals surface area contributed by atoms with E-state index < -0.39 is 0 Å². The van der Waals surface area contributed by atoms with E-state index in [0.717, 1.165) is 16.6 Å². The largest absolute Gasteiger partial charge is 0.349 e. The second-order valence-electron chi connectivity index (χ2n) is 6.88. The van der Waals surface area contributed by atoms with E-state index in [1.54, 1.807) is 11.8 Å². The Kier molecular flexibility index (Phi) is 7.21. The summed E-state index contributed by atoms with van der Waals surface area (Å²) in [5.74, 6) is 1.48. The standard InChI is InChI=1S/C22H26BrNOS/c1-2-21(19-10-9-17-5-3-4-6-18(17)13-19)24-22(25)15-26-14-16-7-11-20(23)12-8-16/h7-13,21H,2-6,14-15H2,1H3,(H,24,25)/t21-/m1/s1. The zero-order chi connectivity index (χ0) is 18.4. The smallest absolute Gasteiger partial charge is 0.230 e. The molecule has 1 aliphatic rings. The maximum absolute atomic E-state index is 12.4. The van der Waals surface area contributed by atoms with E-state index in [4.69, 9.17) is 0 Å². The van der Waals surface area contributed by atoms with Crippen LogP contribution in [0.4, 0.5) is 0 Å². The number of carbonyl (C=O) groups excluding carboxylic acids is 1. The van der Waals surface area contributed by atoms with Crippen LogP contribution in [0.15, 0.2) is 46.9 Å². The van der Waals surface area contributed by atoms with Gasteiger partial charge in [0.05, 0.1) is 11.8 Å². The van der Waals surface area contributed by atoms with Crippen LogP contribution in [0.25, 0.3) is 0 Å². The summed E-state index contributed by atoms with van der Waals surface area (Å²) in [6, 6.07) is 15.2. The number of hydrogen-bond acceptors (Lipinski definition) is 2. The van der Waals surface area contributed by atoms with E-state index in [9.17, 15) is 4.79 Å². The number of fused-ring (bicyclic) bond motifs is 1. The Morgan fingerprint density at radius 3 is 2.58 bits per heavy atom. The normalized spacial score (nSPS) is 14.5. The summed E-state index contributed by atoms with van der Waals surface area (Å²) in [6.07, 6.45) is 5.88. The van der Waals surface area contributed by atoms with Crippen molar-refractivity contribution in [3.05, 3.63) is 69.2 Å². The van der Waals surface area contributed by atoms with Gasteiger partial charge in [-0.05, 0) is 66.5 Å². The summed E-state index contributed by atoms with van der Waals surface area (Å²) >= 11 is 5.11. The molecule has 0 unspecified atom stereocenters. The van der Waals surface area contributed by atoms with Gasteiger partial charge in [0.25, 0.3) is 0 Å². The molecule has 1 atom stereocenters. The van der Waals surface area contributed by atoms with Gasteiger partial charge in [0, 0.05) is 10.2 Å². The monoisotopic (exact) mass is 431 g/mol. The predicted octanol–water partition coefficient (Wildman–Crippen LogP) is 5.83. The van der Waals surface area contributed by atoms with Gasteiger partial charge in [0.1, 0.15) is 0 Å². The fourth-order valence-electron chi connectivity index (χ4n) is 3.47. The number of halogens is 1. The first-order chi connectivity index (χ1) is 12.7. The van der Waals surface area contributed by atoms with Gasteiger partial charge in [-0.15, -0.1) is 11.8 Å². The Labute approximate surface area is 169 Å². The second-order valence-corrected chi connectivity index (χ2v) is 8.78. The number of aryl methyl sites for hydroxylation is 2. The van der Waals surface area contributed by atoms with Crippen molar-refractivity contribution >= 4 is 33.6 Å². The summed E-state index contributed by atoms with van der Waals surface area (Å²) in [5.41, 5.74) is 5.46. The summed E-state index contributed by atoms with van der Waals surface area (Å²) in [7, 11) is 0. The average molecular weight is 432 g/mol. The van der Waals surface area contributed by atoms with Crippen molar-refractivity contribution in [3.8, 4) is 0 Å². The summed E-state index contributed by atoms with van der Waals surface area (Å²) in [4.78, 5) is 12.4. The SMILES string of the molecule is CC[C@@H](NC(=O)CSCc1ccc(Br)cc1)c1ccc2c(c1)CCCC2. The lowest BCUT2D eigenvalue weighted by atomic mass is 9.89. The van der Waals surface area contributed by atoms with Crippen LogP contribution >= 0.6 is 27.7 Å². The minimum Gasteiger partial charge on any atom is -0.349 e. The molecule has 26 heavy (non-hydrogen) atoms. The molecular formula is C22H26BrNOS. The van der Waals surface area contributed by atoms with Crippen LogP contribution < -0.4 is 5.32 Å². The predicted molar refractivity (Wildman–Crippen MR) is 115 cm³/mol. The highest BCUT2D eigenvalue weighted by atomic mass is 79.9. The van der Waals surface area contributed by atoms with Gasteiger partial charge in [-0.25, -0.2) is 0 Å². The lowest BCUT2D eigenvalue weighted by molar-refractivity contribution is -0.119. The van der Waals surface area contributed by atoms with E-state index in [1.165, 1.54) is 47.9 Å². The molecular weight excluding hydrogens is 406 g/mol. The molecule has 3 rings (SSSR count). The Hall–Kier alpha value is -1.26. The molecule has 0 aromatic heterocycles. The molecule has 2 aromatic carbocycles. The highest BCUT2D eigenvalue weighted by molar-refractivity contribution is 9.10. The van der Waals surface area contributed by atoms with Crippen molar-refractivity contribution in [2.24, 2.45) is 0 Å². The van der Waals surface area contributed by atoms with Crippen LogP contribution in [0.1, 0.15) is 54.5 Å². The van der Waals surface area contributed by atoms with Gasteiger partial charge in [-0.3, -0.25) is 4.79 Å². The average Bonchev–Trinajstić information content (AvgIpc) is 2.67. The first-order valence-corrected chi connectivity index (χ1v) is 11.3. The third-order valence-electron chi connectivity index (χ3n) is 4.93. The van der Waals surface area contributed by atoms with Gasteiger partial charge in [0.2, 0.25) is 5.91 Å². The number of rotatable bonds is 7. The minimum absolute atomic E-state index is 0.114. The molecule has 1 N–H and O–H groups in total. The topological polar surface area (TPSA) is 29.1 Å². The number of carbonyl (C=O) groups is 1. The van der Waals surface area contributed by atoms with Gasteiger partial charge in [-0.1, -0.05) is 53.2 Å². The van der Waals surface area contributed by atoms with Gasteiger partial charge >= 0.3 is 0 Å². The molecule has 0 fully saturated rings. The maximum atomic E-state index is 12.4. The van der Waals surface area contributed by atoms with Crippen LogP contribution in [-0.4, -0.2) is 11.7 Å². The molecule has 0 saturated heterocycles. The van der Waals surface area contributed by atoms with Crippen molar-refractivity contribution in [1.82, 2.24) is 5.32 Å². The molecule has 1 aliphatic carbocycles. The zero-order valence-corrected chi connectivity index (χ0v) is 17.7. The molecule has 2 aromatic rings. The fourth-order valence-corrected chi connectivity index (χ4v) is 4.53. The Morgan fingerprint density at radius 1 is 1.12 bits per heavy atom. The number of thioether (sulfide) groups is 1. The molecule has 0 aliphatic heterocycles. The van der Waals surface area contributed by atoms with E-state index >= 15 is 0 Å². The van der Waals surface area contributed by atoms with Crippen LogP contribution in [0, 0.1) is 0 Å².